The highest BCUT2D eigenvalue weighted by Crippen LogP contribution is 2.10. The summed E-state index contributed by atoms with van der Waals surface area (Å²) in [6.07, 6.45) is 0.973. The summed E-state index contributed by atoms with van der Waals surface area (Å²) in [4.78, 5) is 23.6. The van der Waals surface area contributed by atoms with Crippen LogP contribution in [0.1, 0.15) is 23.6 Å². The lowest BCUT2D eigenvalue weighted by atomic mass is 10.1. The zero-order valence-corrected chi connectivity index (χ0v) is 14.0. The molecule has 2 N–H and O–H groups in total. The van der Waals surface area contributed by atoms with Crippen LogP contribution in [-0.4, -0.2) is 18.9 Å². The van der Waals surface area contributed by atoms with Crippen molar-refractivity contribution in [3.63, 3.8) is 0 Å². The third-order valence-electron chi connectivity index (χ3n) is 3.70. The molecule has 5 nitrogen and oxygen atoms in total. The van der Waals surface area contributed by atoms with Gasteiger partial charge in [0, 0.05) is 13.1 Å². The molecule has 0 unspecified atom stereocenters. The lowest BCUT2D eigenvalue weighted by molar-refractivity contribution is -0.139. The Balaban J connectivity index is 1.77. The first-order valence-electron chi connectivity index (χ1n) is 7.89. The molecule has 0 spiro atoms. The van der Waals surface area contributed by atoms with Gasteiger partial charge in [-0.3, -0.25) is 9.59 Å². The minimum absolute atomic E-state index is 0.293. The summed E-state index contributed by atoms with van der Waals surface area (Å²) in [5, 5.41) is 5.22. The van der Waals surface area contributed by atoms with Crippen LogP contribution in [0, 0.1) is 0 Å². The second kappa shape index (κ2) is 8.72. The smallest absolute Gasteiger partial charge is 0.309 e. The van der Waals surface area contributed by atoms with E-state index in [9.17, 15) is 9.59 Å². The number of benzene rings is 2. The van der Waals surface area contributed by atoms with Crippen LogP contribution < -0.4 is 15.4 Å². The third-order valence-corrected chi connectivity index (χ3v) is 3.70. The van der Waals surface area contributed by atoms with Gasteiger partial charge >= 0.3 is 11.8 Å². The molecule has 0 atom stereocenters. The molecule has 0 aliphatic heterocycles. The van der Waals surface area contributed by atoms with E-state index in [1.807, 2.05) is 48.5 Å². The van der Waals surface area contributed by atoms with Crippen molar-refractivity contribution in [1.29, 1.82) is 0 Å². The molecule has 0 aliphatic carbocycles. The van der Waals surface area contributed by atoms with Gasteiger partial charge in [0.25, 0.3) is 0 Å². The second-order valence-corrected chi connectivity index (χ2v) is 5.38. The Bertz CT molecular complexity index is 617. The number of carbonyl (C=O) groups is 2. The quantitative estimate of drug-likeness (QED) is 0.800. The van der Waals surface area contributed by atoms with Gasteiger partial charge in [0.1, 0.15) is 5.75 Å². The zero-order chi connectivity index (χ0) is 17.4. The molecular formula is C19H22N2O3. The molecule has 0 saturated carbocycles. The number of hydrogen-bond acceptors (Lipinski definition) is 3. The normalized spacial score (nSPS) is 10.1. The van der Waals surface area contributed by atoms with Crippen LogP contribution in [0.2, 0.25) is 0 Å². The van der Waals surface area contributed by atoms with Crippen LogP contribution in [0.5, 0.6) is 5.75 Å². The van der Waals surface area contributed by atoms with Crippen LogP contribution in [0.4, 0.5) is 0 Å². The molecule has 0 heterocycles. The van der Waals surface area contributed by atoms with E-state index in [0.29, 0.717) is 13.1 Å². The monoisotopic (exact) mass is 326 g/mol. The summed E-state index contributed by atoms with van der Waals surface area (Å²) in [6, 6.07) is 15.2. The van der Waals surface area contributed by atoms with Crippen molar-refractivity contribution in [1.82, 2.24) is 10.6 Å². The largest absolute Gasteiger partial charge is 0.497 e. The van der Waals surface area contributed by atoms with E-state index in [-0.39, 0.29) is 0 Å². The summed E-state index contributed by atoms with van der Waals surface area (Å²) >= 11 is 0. The fourth-order valence-electron chi connectivity index (χ4n) is 2.16. The molecule has 2 amide bonds. The Morgan fingerprint density at radius 1 is 0.792 bits per heavy atom. The standard InChI is InChI=1S/C19H22N2O3/c1-3-14-4-6-15(7-5-14)12-20-18(22)19(23)21-13-16-8-10-17(24-2)11-9-16/h4-11H,3,12-13H2,1-2H3,(H,20,22)(H,21,23). The van der Waals surface area contributed by atoms with Gasteiger partial charge in [-0.25, -0.2) is 0 Å². The molecule has 2 aromatic carbocycles. The molecule has 0 aliphatic rings. The Morgan fingerprint density at radius 2 is 1.21 bits per heavy atom. The highest BCUT2D eigenvalue weighted by atomic mass is 16.5. The van der Waals surface area contributed by atoms with E-state index in [1.165, 1.54) is 5.56 Å². The molecule has 2 aromatic rings. The van der Waals surface area contributed by atoms with Gasteiger partial charge in [0.05, 0.1) is 7.11 Å². The molecule has 5 heteroatoms. The highest BCUT2D eigenvalue weighted by molar-refractivity contribution is 6.35. The molecule has 0 radical (unpaired) electrons. The Labute approximate surface area is 142 Å². The Morgan fingerprint density at radius 3 is 1.62 bits per heavy atom. The van der Waals surface area contributed by atoms with Crippen molar-refractivity contribution in [3.8, 4) is 5.75 Å². The van der Waals surface area contributed by atoms with Crippen molar-refractivity contribution in [2.24, 2.45) is 0 Å². The number of ether oxygens (including phenoxy) is 1. The summed E-state index contributed by atoms with van der Waals surface area (Å²) in [7, 11) is 1.59. The number of methoxy groups -OCH3 is 1. The molecule has 24 heavy (non-hydrogen) atoms. The average molecular weight is 326 g/mol. The van der Waals surface area contributed by atoms with Crippen molar-refractivity contribution >= 4 is 11.8 Å². The van der Waals surface area contributed by atoms with E-state index >= 15 is 0 Å². The predicted molar refractivity (Wildman–Crippen MR) is 92.5 cm³/mol. The van der Waals surface area contributed by atoms with Gasteiger partial charge in [-0.05, 0) is 35.2 Å². The first-order chi connectivity index (χ1) is 11.6. The van der Waals surface area contributed by atoms with E-state index < -0.39 is 11.8 Å². The summed E-state index contributed by atoms with van der Waals surface area (Å²) in [5.74, 6) is -0.531. The maximum Gasteiger partial charge on any atom is 0.309 e. The number of nitrogens with one attached hydrogen (secondary N) is 2. The maximum absolute atomic E-state index is 11.8. The topological polar surface area (TPSA) is 67.4 Å². The number of amides is 2. The summed E-state index contributed by atoms with van der Waals surface area (Å²) in [5.41, 5.74) is 3.10. The molecule has 0 aromatic heterocycles. The van der Waals surface area contributed by atoms with Gasteiger partial charge < -0.3 is 15.4 Å². The van der Waals surface area contributed by atoms with Crippen LogP contribution in [0.15, 0.2) is 48.5 Å². The summed E-state index contributed by atoms with van der Waals surface area (Å²) in [6.45, 7) is 2.71. The van der Waals surface area contributed by atoms with Crippen molar-refractivity contribution in [3.05, 3.63) is 65.2 Å². The SMILES string of the molecule is CCc1ccc(CNC(=O)C(=O)NCc2ccc(OC)cc2)cc1. The van der Waals surface area contributed by atoms with Crippen molar-refractivity contribution < 1.29 is 14.3 Å². The fourth-order valence-corrected chi connectivity index (χ4v) is 2.16. The number of aryl methyl sites for hydroxylation is 1. The van der Waals surface area contributed by atoms with E-state index in [4.69, 9.17) is 4.74 Å². The first kappa shape index (κ1) is 17.5. The number of carbonyl (C=O) groups excluding carboxylic acids is 2. The Kier molecular flexibility index (Phi) is 6.37. The van der Waals surface area contributed by atoms with Gasteiger partial charge in [0.15, 0.2) is 0 Å². The van der Waals surface area contributed by atoms with Gasteiger partial charge in [-0.2, -0.15) is 0 Å². The minimum Gasteiger partial charge on any atom is -0.497 e. The average Bonchev–Trinajstić information content (AvgIpc) is 2.64. The molecule has 126 valence electrons. The molecule has 2 rings (SSSR count). The van der Waals surface area contributed by atoms with E-state index in [0.717, 1.165) is 23.3 Å². The van der Waals surface area contributed by atoms with E-state index in [2.05, 4.69) is 17.6 Å². The molecule has 0 fully saturated rings. The van der Waals surface area contributed by atoms with Crippen molar-refractivity contribution in [2.75, 3.05) is 7.11 Å². The van der Waals surface area contributed by atoms with Gasteiger partial charge in [-0.1, -0.05) is 43.3 Å². The highest BCUT2D eigenvalue weighted by Gasteiger charge is 2.12. The minimum atomic E-state index is -0.643. The second-order valence-electron chi connectivity index (χ2n) is 5.38. The first-order valence-corrected chi connectivity index (χ1v) is 7.89. The molecule has 0 saturated heterocycles. The number of hydrogen-bond donors (Lipinski definition) is 2. The van der Waals surface area contributed by atoms with Crippen LogP contribution in [0.25, 0.3) is 0 Å². The lowest BCUT2D eigenvalue weighted by Crippen LogP contribution is -2.39. The van der Waals surface area contributed by atoms with Crippen LogP contribution in [0.3, 0.4) is 0 Å². The maximum atomic E-state index is 11.8. The molecular weight excluding hydrogens is 304 g/mol. The lowest BCUT2D eigenvalue weighted by Gasteiger charge is -2.08. The predicted octanol–water partition coefficient (Wildman–Crippen LogP) is 2.19. The fraction of sp³-hybridized carbons (Fsp3) is 0.263. The Hall–Kier alpha value is -2.82. The van der Waals surface area contributed by atoms with Crippen molar-refractivity contribution in [2.45, 2.75) is 26.4 Å². The summed E-state index contributed by atoms with van der Waals surface area (Å²) < 4.78 is 5.07. The number of rotatable bonds is 6. The third kappa shape index (κ3) is 5.12. The van der Waals surface area contributed by atoms with E-state index in [1.54, 1.807) is 7.11 Å². The molecule has 0 bridgehead atoms. The van der Waals surface area contributed by atoms with Crippen LogP contribution >= 0.6 is 0 Å². The van der Waals surface area contributed by atoms with Gasteiger partial charge in [0.2, 0.25) is 0 Å². The zero-order valence-electron chi connectivity index (χ0n) is 14.0. The van der Waals surface area contributed by atoms with Crippen LogP contribution in [-0.2, 0) is 29.1 Å². The van der Waals surface area contributed by atoms with Gasteiger partial charge in [-0.15, -0.1) is 0 Å².